The molecule has 2 heterocycles. The first kappa shape index (κ1) is 23.3. The Balaban J connectivity index is 1.49. The van der Waals surface area contributed by atoms with E-state index in [0.29, 0.717) is 0 Å². The van der Waals surface area contributed by atoms with Crippen molar-refractivity contribution >= 4 is 17.3 Å². The molecule has 0 unspecified atom stereocenters. The van der Waals surface area contributed by atoms with Crippen molar-refractivity contribution in [3.8, 4) is 11.5 Å². The van der Waals surface area contributed by atoms with Crippen molar-refractivity contribution in [2.45, 2.75) is 39.7 Å². The predicted molar refractivity (Wildman–Crippen MR) is 128 cm³/mol. The Morgan fingerprint density at radius 1 is 1.16 bits per heavy atom. The van der Waals surface area contributed by atoms with Gasteiger partial charge in [0, 0.05) is 50.2 Å². The Morgan fingerprint density at radius 2 is 1.94 bits per heavy atom. The van der Waals surface area contributed by atoms with Gasteiger partial charge in [0.05, 0.1) is 25.8 Å². The minimum atomic E-state index is 0.759. The van der Waals surface area contributed by atoms with Gasteiger partial charge in [-0.2, -0.15) is 0 Å². The Bertz CT molecular complexity index is 868. The van der Waals surface area contributed by atoms with Crippen LogP contribution in [0.15, 0.2) is 23.3 Å². The zero-order valence-electron chi connectivity index (χ0n) is 19.2. The average Bonchev–Trinajstić information content (AvgIpc) is 3.26. The van der Waals surface area contributed by atoms with Gasteiger partial charge < -0.3 is 20.1 Å². The molecule has 0 amide bonds. The number of thiazole rings is 1. The fourth-order valence-corrected chi connectivity index (χ4v) is 4.55. The molecular weight excluding hydrogens is 410 g/mol. The van der Waals surface area contributed by atoms with E-state index < -0.39 is 0 Å². The molecule has 3 rings (SSSR count). The van der Waals surface area contributed by atoms with E-state index in [1.807, 2.05) is 6.20 Å². The topological polar surface area (TPSA) is 71.0 Å². The zero-order chi connectivity index (χ0) is 22.1. The molecule has 0 radical (unpaired) electrons. The summed E-state index contributed by atoms with van der Waals surface area (Å²) in [5.74, 6) is 2.48. The summed E-state index contributed by atoms with van der Waals surface area (Å²) >= 11 is 1.80. The maximum atomic E-state index is 5.47. The summed E-state index contributed by atoms with van der Waals surface area (Å²) in [6, 6.07) is 4.22. The monoisotopic (exact) mass is 445 g/mol. The van der Waals surface area contributed by atoms with Crippen molar-refractivity contribution in [2.75, 3.05) is 46.9 Å². The third-order valence-corrected chi connectivity index (χ3v) is 6.61. The summed E-state index contributed by atoms with van der Waals surface area (Å²) in [7, 11) is 3.37. The smallest absolute Gasteiger partial charge is 0.191 e. The molecule has 0 spiro atoms. The highest BCUT2D eigenvalue weighted by Crippen LogP contribution is 2.33. The van der Waals surface area contributed by atoms with Crippen molar-refractivity contribution in [2.24, 2.45) is 4.99 Å². The molecule has 2 N–H and O–H groups in total. The number of ether oxygens (including phenoxy) is 2. The molecular formula is C23H35N5O2S. The molecule has 7 nitrogen and oxygen atoms in total. The summed E-state index contributed by atoms with van der Waals surface area (Å²) in [5, 5.41) is 7.95. The quantitative estimate of drug-likeness (QED) is 0.433. The molecule has 170 valence electrons. The Morgan fingerprint density at radius 3 is 2.61 bits per heavy atom. The summed E-state index contributed by atoms with van der Waals surface area (Å²) in [5.41, 5.74) is 2.66. The first-order valence-electron chi connectivity index (χ1n) is 11.1. The minimum Gasteiger partial charge on any atom is -0.493 e. The molecule has 1 aromatic carbocycles. The van der Waals surface area contributed by atoms with Crippen molar-refractivity contribution in [1.82, 2.24) is 20.5 Å². The van der Waals surface area contributed by atoms with E-state index in [4.69, 9.17) is 14.5 Å². The van der Waals surface area contributed by atoms with Crippen LogP contribution >= 0.6 is 11.3 Å². The number of aryl methyl sites for hydroxylation is 1. The molecule has 0 bridgehead atoms. The average molecular weight is 446 g/mol. The first-order valence-corrected chi connectivity index (χ1v) is 11.9. The number of fused-ring (bicyclic) bond motifs is 1. The lowest BCUT2D eigenvalue weighted by Crippen LogP contribution is -2.39. The zero-order valence-corrected chi connectivity index (χ0v) is 20.0. The van der Waals surface area contributed by atoms with E-state index in [1.165, 1.54) is 21.0 Å². The molecule has 31 heavy (non-hydrogen) atoms. The first-order chi connectivity index (χ1) is 15.2. The molecule has 0 aliphatic carbocycles. The molecule has 0 atom stereocenters. The molecule has 0 saturated heterocycles. The Labute approximate surface area is 189 Å². The van der Waals surface area contributed by atoms with Gasteiger partial charge in [0.25, 0.3) is 0 Å². The summed E-state index contributed by atoms with van der Waals surface area (Å²) in [6.07, 6.45) is 4.98. The number of hydrogen-bond acceptors (Lipinski definition) is 6. The highest BCUT2D eigenvalue weighted by atomic mass is 32.1. The van der Waals surface area contributed by atoms with Gasteiger partial charge in [-0.25, -0.2) is 4.98 Å². The number of benzene rings is 1. The summed E-state index contributed by atoms with van der Waals surface area (Å²) in [6.45, 7) is 9.58. The molecule has 1 aromatic heterocycles. The van der Waals surface area contributed by atoms with Crippen LogP contribution in [0.2, 0.25) is 0 Å². The van der Waals surface area contributed by atoms with Crippen LogP contribution in [0, 0.1) is 0 Å². The SMILES string of the molecule is CCNC(=NCCN1CCc2cc(OC)c(OC)cc2C1)NCCc1ncc(CC)s1. The highest BCUT2D eigenvalue weighted by Gasteiger charge is 2.19. The van der Waals surface area contributed by atoms with E-state index in [-0.39, 0.29) is 0 Å². The van der Waals surface area contributed by atoms with Crippen LogP contribution in [0.5, 0.6) is 11.5 Å². The van der Waals surface area contributed by atoms with Gasteiger partial charge in [0.15, 0.2) is 17.5 Å². The largest absolute Gasteiger partial charge is 0.493 e. The van der Waals surface area contributed by atoms with Crippen LogP contribution in [-0.4, -0.2) is 62.8 Å². The fraction of sp³-hybridized carbons (Fsp3) is 0.565. The van der Waals surface area contributed by atoms with Crippen LogP contribution in [0.3, 0.4) is 0 Å². The van der Waals surface area contributed by atoms with Crippen LogP contribution in [0.25, 0.3) is 0 Å². The second-order valence-corrected chi connectivity index (χ2v) is 8.71. The predicted octanol–water partition coefficient (Wildman–Crippen LogP) is 2.88. The van der Waals surface area contributed by atoms with Crippen molar-refractivity contribution in [3.05, 3.63) is 39.3 Å². The Hall–Kier alpha value is -2.32. The van der Waals surface area contributed by atoms with E-state index in [2.05, 4.69) is 46.5 Å². The minimum absolute atomic E-state index is 0.759. The van der Waals surface area contributed by atoms with Crippen molar-refractivity contribution in [1.29, 1.82) is 0 Å². The van der Waals surface area contributed by atoms with Gasteiger partial charge in [-0.05, 0) is 43.0 Å². The second-order valence-electron chi connectivity index (χ2n) is 7.51. The van der Waals surface area contributed by atoms with Gasteiger partial charge in [-0.15, -0.1) is 11.3 Å². The van der Waals surface area contributed by atoms with Crippen LogP contribution in [-0.2, 0) is 25.8 Å². The number of aliphatic imine (C=N–C) groups is 1. The van der Waals surface area contributed by atoms with Crippen LogP contribution < -0.4 is 20.1 Å². The molecule has 8 heteroatoms. The maximum absolute atomic E-state index is 5.47. The number of nitrogens with zero attached hydrogens (tertiary/aromatic N) is 3. The van der Waals surface area contributed by atoms with E-state index in [0.717, 1.165) is 76.0 Å². The molecule has 0 saturated carbocycles. The van der Waals surface area contributed by atoms with Crippen molar-refractivity contribution < 1.29 is 9.47 Å². The van der Waals surface area contributed by atoms with Gasteiger partial charge in [0.2, 0.25) is 0 Å². The number of methoxy groups -OCH3 is 2. The third-order valence-electron chi connectivity index (χ3n) is 5.41. The number of hydrogen-bond donors (Lipinski definition) is 2. The third kappa shape index (κ3) is 6.58. The number of rotatable bonds is 10. The summed E-state index contributed by atoms with van der Waals surface area (Å²) in [4.78, 5) is 13.0. The highest BCUT2D eigenvalue weighted by molar-refractivity contribution is 7.11. The summed E-state index contributed by atoms with van der Waals surface area (Å²) < 4.78 is 10.9. The normalized spacial score (nSPS) is 14.3. The van der Waals surface area contributed by atoms with Gasteiger partial charge in [-0.1, -0.05) is 6.92 Å². The lowest BCUT2D eigenvalue weighted by Gasteiger charge is -2.29. The number of guanidine groups is 1. The number of nitrogens with one attached hydrogen (secondary N) is 2. The fourth-order valence-electron chi connectivity index (χ4n) is 3.69. The standard InChI is InChI=1S/C23H35N5O2S/c1-5-19-15-27-22(31-19)7-9-25-23(24-6-2)26-10-12-28-11-8-17-13-20(29-3)21(30-4)14-18(17)16-28/h13-15H,5-12,16H2,1-4H3,(H2,24,25,26). The molecule has 1 aliphatic rings. The second kappa shape index (κ2) is 11.9. The van der Waals surface area contributed by atoms with E-state index >= 15 is 0 Å². The molecule has 1 aliphatic heterocycles. The Kier molecular flexibility index (Phi) is 8.97. The molecule has 0 fully saturated rings. The van der Waals surface area contributed by atoms with Crippen LogP contribution in [0.4, 0.5) is 0 Å². The van der Waals surface area contributed by atoms with E-state index in [9.17, 15) is 0 Å². The maximum Gasteiger partial charge on any atom is 0.191 e. The van der Waals surface area contributed by atoms with E-state index in [1.54, 1.807) is 25.6 Å². The van der Waals surface area contributed by atoms with Crippen LogP contribution in [0.1, 0.15) is 34.9 Å². The lowest BCUT2D eigenvalue weighted by atomic mass is 9.99. The lowest BCUT2D eigenvalue weighted by molar-refractivity contribution is 0.260. The molecule has 2 aromatic rings. The van der Waals surface area contributed by atoms with Gasteiger partial charge >= 0.3 is 0 Å². The van der Waals surface area contributed by atoms with Crippen molar-refractivity contribution in [3.63, 3.8) is 0 Å². The number of aromatic nitrogens is 1. The van der Waals surface area contributed by atoms with Gasteiger partial charge in [-0.3, -0.25) is 9.89 Å². The van der Waals surface area contributed by atoms with Gasteiger partial charge in [0.1, 0.15) is 0 Å².